The zero-order chi connectivity index (χ0) is 18.2. The van der Waals surface area contributed by atoms with E-state index in [1.807, 2.05) is 12.1 Å². The summed E-state index contributed by atoms with van der Waals surface area (Å²) in [5.74, 6) is 1.08. The SMILES string of the molecule is CCC(C)c1ccc(NC(=O)CCCOc2ccc(Cl)cc2Cl)cc1. The molecule has 1 unspecified atom stereocenters. The monoisotopic (exact) mass is 379 g/mol. The second-order valence-electron chi connectivity index (χ2n) is 6.01. The molecular weight excluding hydrogens is 357 g/mol. The van der Waals surface area contributed by atoms with Crippen LogP contribution >= 0.6 is 23.2 Å². The van der Waals surface area contributed by atoms with Crippen LogP contribution in [-0.4, -0.2) is 12.5 Å². The van der Waals surface area contributed by atoms with E-state index in [1.54, 1.807) is 18.2 Å². The average Bonchev–Trinajstić information content (AvgIpc) is 2.60. The summed E-state index contributed by atoms with van der Waals surface area (Å²) in [5.41, 5.74) is 2.10. The third-order valence-electron chi connectivity index (χ3n) is 4.08. The van der Waals surface area contributed by atoms with Crippen LogP contribution in [0.15, 0.2) is 42.5 Å². The van der Waals surface area contributed by atoms with Crippen LogP contribution in [0.3, 0.4) is 0 Å². The molecule has 1 N–H and O–H groups in total. The summed E-state index contributed by atoms with van der Waals surface area (Å²) in [5, 5.41) is 3.94. The van der Waals surface area contributed by atoms with Crippen molar-refractivity contribution in [2.75, 3.05) is 11.9 Å². The molecule has 0 bridgehead atoms. The highest BCUT2D eigenvalue weighted by molar-refractivity contribution is 6.35. The Morgan fingerprint density at radius 3 is 2.52 bits per heavy atom. The summed E-state index contributed by atoms with van der Waals surface area (Å²) in [6.45, 7) is 4.78. The van der Waals surface area contributed by atoms with Crippen molar-refractivity contribution in [3.8, 4) is 5.75 Å². The standard InChI is InChI=1S/C20H23Cl2NO2/c1-3-14(2)15-6-9-17(10-7-15)23-20(24)5-4-12-25-19-11-8-16(21)13-18(19)22/h6-11,13-14H,3-5,12H2,1-2H3,(H,23,24). The van der Waals surface area contributed by atoms with Crippen molar-refractivity contribution >= 4 is 34.8 Å². The predicted molar refractivity (Wildman–Crippen MR) is 105 cm³/mol. The first-order valence-corrected chi connectivity index (χ1v) is 9.23. The lowest BCUT2D eigenvalue weighted by molar-refractivity contribution is -0.116. The van der Waals surface area contributed by atoms with E-state index in [2.05, 4.69) is 31.3 Å². The van der Waals surface area contributed by atoms with Crippen molar-refractivity contribution < 1.29 is 9.53 Å². The van der Waals surface area contributed by atoms with Crippen LogP contribution in [0.5, 0.6) is 5.75 Å². The fourth-order valence-electron chi connectivity index (χ4n) is 2.36. The van der Waals surface area contributed by atoms with Crippen molar-refractivity contribution in [3.63, 3.8) is 0 Å². The van der Waals surface area contributed by atoms with Gasteiger partial charge in [0.05, 0.1) is 11.6 Å². The van der Waals surface area contributed by atoms with Crippen LogP contribution in [0, 0.1) is 0 Å². The number of anilines is 1. The number of benzene rings is 2. The van der Waals surface area contributed by atoms with Gasteiger partial charge in [0, 0.05) is 17.1 Å². The molecule has 0 saturated carbocycles. The van der Waals surface area contributed by atoms with Gasteiger partial charge < -0.3 is 10.1 Å². The minimum Gasteiger partial charge on any atom is -0.492 e. The number of carbonyl (C=O) groups excluding carboxylic acids is 1. The Morgan fingerprint density at radius 1 is 1.16 bits per heavy atom. The third-order valence-corrected chi connectivity index (χ3v) is 4.61. The normalized spacial score (nSPS) is 11.8. The molecule has 2 rings (SSSR count). The molecule has 0 aliphatic rings. The highest BCUT2D eigenvalue weighted by Gasteiger charge is 2.06. The fraction of sp³-hybridized carbons (Fsp3) is 0.350. The molecular formula is C20H23Cl2NO2. The van der Waals surface area contributed by atoms with E-state index in [0.29, 0.717) is 41.2 Å². The van der Waals surface area contributed by atoms with Crippen molar-refractivity contribution in [2.24, 2.45) is 0 Å². The molecule has 1 amide bonds. The number of hydrogen-bond acceptors (Lipinski definition) is 2. The molecule has 0 saturated heterocycles. The largest absolute Gasteiger partial charge is 0.492 e. The number of nitrogens with one attached hydrogen (secondary N) is 1. The minimum absolute atomic E-state index is 0.0258. The third kappa shape index (κ3) is 6.26. The summed E-state index contributed by atoms with van der Waals surface area (Å²) in [6, 6.07) is 13.1. The van der Waals surface area contributed by atoms with Gasteiger partial charge >= 0.3 is 0 Å². The lowest BCUT2D eigenvalue weighted by Gasteiger charge is -2.11. The Labute approximate surface area is 159 Å². The van der Waals surface area contributed by atoms with E-state index in [0.717, 1.165) is 12.1 Å². The number of halogens is 2. The van der Waals surface area contributed by atoms with E-state index < -0.39 is 0 Å². The Morgan fingerprint density at radius 2 is 1.88 bits per heavy atom. The van der Waals surface area contributed by atoms with Crippen LogP contribution < -0.4 is 10.1 Å². The Kier molecular flexibility index (Phi) is 7.60. The summed E-state index contributed by atoms with van der Waals surface area (Å²) in [4.78, 5) is 12.0. The van der Waals surface area contributed by atoms with E-state index in [4.69, 9.17) is 27.9 Å². The molecule has 0 aliphatic carbocycles. The van der Waals surface area contributed by atoms with Crippen LogP contribution in [-0.2, 0) is 4.79 Å². The first kappa shape index (κ1) is 19.6. The lowest BCUT2D eigenvalue weighted by atomic mass is 9.99. The number of rotatable bonds is 8. The number of carbonyl (C=O) groups is 1. The zero-order valence-electron chi connectivity index (χ0n) is 14.5. The minimum atomic E-state index is -0.0258. The van der Waals surface area contributed by atoms with Gasteiger partial charge in [-0.1, -0.05) is 49.2 Å². The van der Waals surface area contributed by atoms with Crippen LogP contribution in [0.1, 0.15) is 44.6 Å². The molecule has 134 valence electrons. The van der Waals surface area contributed by atoms with Gasteiger partial charge in [-0.2, -0.15) is 0 Å². The maximum Gasteiger partial charge on any atom is 0.224 e. The van der Waals surface area contributed by atoms with E-state index >= 15 is 0 Å². The fourth-order valence-corrected chi connectivity index (χ4v) is 2.82. The highest BCUT2D eigenvalue weighted by atomic mass is 35.5. The lowest BCUT2D eigenvalue weighted by Crippen LogP contribution is -2.12. The van der Waals surface area contributed by atoms with Crippen LogP contribution in [0.4, 0.5) is 5.69 Å². The van der Waals surface area contributed by atoms with Crippen LogP contribution in [0.25, 0.3) is 0 Å². The van der Waals surface area contributed by atoms with Gasteiger partial charge in [0.1, 0.15) is 5.75 Å². The second kappa shape index (κ2) is 9.69. The summed E-state index contributed by atoms with van der Waals surface area (Å²) >= 11 is 11.9. The summed E-state index contributed by atoms with van der Waals surface area (Å²) in [6.07, 6.45) is 2.09. The van der Waals surface area contributed by atoms with Gasteiger partial charge in [-0.3, -0.25) is 4.79 Å². The maximum absolute atomic E-state index is 12.0. The number of amides is 1. The van der Waals surface area contributed by atoms with Gasteiger partial charge in [-0.05, 0) is 54.7 Å². The van der Waals surface area contributed by atoms with Crippen molar-refractivity contribution in [1.29, 1.82) is 0 Å². The molecule has 0 fully saturated rings. The summed E-state index contributed by atoms with van der Waals surface area (Å²) in [7, 11) is 0. The van der Waals surface area contributed by atoms with Gasteiger partial charge in [0.15, 0.2) is 0 Å². The van der Waals surface area contributed by atoms with Crippen molar-refractivity contribution in [2.45, 2.75) is 39.0 Å². The van der Waals surface area contributed by atoms with Gasteiger partial charge in [-0.15, -0.1) is 0 Å². The maximum atomic E-state index is 12.0. The molecule has 25 heavy (non-hydrogen) atoms. The molecule has 5 heteroatoms. The Bertz CT molecular complexity index is 701. The predicted octanol–water partition coefficient (Wildman–Crippen LogP) is 6.30. The summed E-state index contributed by atoms with van der Waals surface area (Å²) < 4.78 is 5.58. The molecule has 2 aromatic rings. The topological polar surface area (TPSA) is 38.3 Å². The molecule has 0 heterocycles. The molecule has 3 nitrogen and oxygen atoms in total. The van der Waals surface area contributed by atoms with Crippen LogP contribution in [0.2, 0.25) is 10.0 Å². The quantitative estimate of drug-likeness (QED) is 0.546. The smallest absolute Gasteiger partial charge is 0.224 e. The van der Waals surface area contributed by atoms with Gasteiger partial charge in [0.25, 0.3) is 0 Å². The number of ether oxygens (including phenoxy) is 1. The number of hydrogen-bond donors (Lipinski definition) is 1. The molecule has 0 aromatic heterocycles. The molecule has 0 spiro atoms. The average molecular weight is 380 g/mol. The highest BCUT2D eigenvalue weighted by Crippen LogP contribution is 2.27. The van der Waals surface area contributed by atoms with Gasteiger partial charge in [-0.25, -0.2) is 0 Å². The first-order valence-electron chi connectivity index (χ1n) is 8.47. The molecule has 2 aromatic carbocycles. The second-order valence-corrected chi connectivity index (χ2v) is 6.85. The Balaban J connectivity index is 1.73. The molecule has 0 radical (unpaired) electrons. The van der Waals surface area contributed by atoms with Gasteiger partial charge in [0.2, 0.25) is 5.91 Å². The van der Waals surface area contributed by atoms with Crippen molar-refractivity contribution in [1.82, 2.24) is 0 Å². The molecule has 0 aliphatic heterocycles. The van der Waals surface area contributed by atoms with E-state index in [9.17, 15) is 4.79 Å². The van der Waals surface area contributed by atoms with E-state index in [-0.39, 0.29) is 5.91 Å². The van der Waals surface area contributed by atoms with Crippen molar-refractivity contribution in [3.05, 3.63) is 58.1 Å². The van der Waals surface area contributed by atoms with E-state index in [1.165, 1.54) is 5.56 Å². The first-order chi connectivity index (χ1) is 12.0. The Hall–Kier alpha value is -1.71. The zero-order valence-corrected chi connectivity index (χ0v) is 16.0. The molecule has 1 atom stereocenters.